The molecule has 0 aromatic heterocycles. The first kappa shape index (κ1) is 22.0. The molecule has 3 atom stereocenters. The van der Waals surface area contributed by atoms with E-state index in [1.165, 1.54) is 56.9 Å². The molecule has 2 heteroatoms. The fraction of sp³-hybridized carbons (Fsp3) is 0.900. The Bertz CT molecular complexity index is 275. The van der Waals surface area contributed by atoms with Gasteiger partial charge in [-0.15, -0.1) is 11.6 Å². The van der Waals surface area contributed by atoms with Crippen molar-refractivity contribution in [2.45, 2.75) is 85.5 Å². The third-order valence-electron chi connectivity index (χ3n) is 4.76. The highest BCUT2D eigenvalue weighted by molar-refractivity contribution is 6.18. The van der Waals surface area contributed by atoms with Gasteiger partial charge >= 0.3 is 0 Å². The van der Waals surface area contributed by atoms with Crippen LogP contribution in [0.5, 0.6) is 0 Å². The SMILES string of the molecule is C/C(=C\CO)CCC[C@H](C)CCC[C@H](C)CCCC(C)CCl. The molecule has 22 heavy (non-hydrogen) atoms. The Morgan fingerprint density at radius 1 is 0.864 bits per heavy atom. The minimum Gasteiger partial charge on any atom is -0.392 e. The van der Waals surface area contributed by atoms with E-state index in [4.69, 9.17) is 16.7 Å². The third-order valence-corrected chi connectivity index (χ3v) is 5.29. The Hall–Kier alpha value is -0.0100. The average Bonchev–Trinajstić information content (AvgIpc) is 2.47. The number of rotatable bonds is 14. The van der Waals surface area contributed by atoms with Gasteiger partial charge in [0, 0.05) is 5.88 Å². The molecule has 0 heterocycles. The second kappa shape index (κ2) is 14.6. The van der Waals surface area contributed by atoms with Gasteiger partial charge in [0.25, 0.3) is 0 Å². The lowest BCUT2D eigenvalue weighted by Gasteiger charge is -2.15. The summed E-state index contributed by atoms with van der Waals surface area (Å²) in [6.07, 6.45) is 13.7. The van der Waals surface area contributed by atoms with Crippen molar-refractivity contribution in [3.05, 3.63) is 11.6 Å². The van der Waals surface area contributed by atoms with Gasteiger partial charge in [-0.05, 0) is 43.9 Å². The van der Waals surface area contributed by atoms with Crippen molar-refractivity contribution in [3.63, 3.8) is 0 Å². The van der Waals surface area contributed by atoms with E-state index < -0.39 is 0 Å². The van der Waals surface area contributed by atoms with Crippen LogP contribution in [0.3, 0.4) is 0 Å². The second-order valence-electron chi connectivity index (χ2n) is 7.46. The van der Waals surface area contributed by atoms with Crippen LogP contribution in [0.4, 0.5) is 0 Å². The van der Waals surface area contributed by atoms with Crippen LogP contribution in [0.25, 0.3) is 0 Å². The summed E-state index contributed by atoms with van der Waals surface area (Å²) in [5.74, 6) is 3.19. The molecule has 0 aliphatic heterocycles. The van der Waals surface area contributed by atoms with Crippen LogP contribution in [0.1, 0.15) is 85.5 Å². The van der Waals surface area contributed by atoms with Crippen LogP contribution in [0.15, 0.2) is 11.6 Å². The first-order chi connectivity index (χ1) is 10.5. The van der Waals surface area contributed by atoms with E-state index in [0.29, 0.717) is 5.92 Å². The molecular formula is C20H39ClO. The van der Waals surface area contributed by atoms with Gasteiger partial charge in [0.15, 0.2) is 0 Å². The molecule has 0 fully saturated rings. The maximum absolute atomic E-state index is 8.84. The summed E-state index contributed by atoms with van der Waals surface area (Å²) >= 11 is 5.85. The highest BCUT2D eigenvalue weighted by Crippen LogP contribution is 2.22. The summed E-state index contributed by atoms with van der Waals surface area (Å²) in [5.41, 5.74) is 1.33. The summed E-state index contributed by atoms with van der Waals surface area (Å²) < 4.78 is 0. The monoisotopic (exact) mass is 330 g/mol. The maximum Gasteiger partial charge on any atom is 0.0614 e. The summed E-state index contributed by atoms with van der Waals surface area (Å²) in [4.78, 5) is 0. The Morgan fingerprint density at radius 3 is 1.77 bits per heavy atom. The normalized spacial score (nSPS) is 16.5. The second-order valence-corrected chi connectivity index (χ2v) is 7.77. The van der Waals surface area contributed by atoms with Crippen molar-refractivity contribution in [2.75, 3.05) is 12.5 Å². The average molecular weight is 331 g/mol. The first-order valence-corrected chi connectivity index (χ1v) is 9.85. The van der Waals surface area contributed by atoms with Gasteiger partial charge < -0.3 is 5.11 Å². The molecular weight excluding hydrogens is 292 g/mol. The summed E-state index contributed by atoms with van der Waals surface area (Å²) in [6, 6.07) is 0. The Balaban J connectivity index is 3.54. The molecule has 0 aliphatic rings. The van der Waals surface area contributed by atoms with Crippen molar-refractivity contribution in [1.29, 1.82) is 0 Å². The Labute approximate surface area is 144 Å². The van der Waals surface area contributed by atoms with Crippen molar-refractivity contribution in [3.8, 4) is 0 Å². The van der Waals surface area contributed by atoms with E-state index in [-0.39, 0.29) is 6.61 Å². The van der Waals surface area contributed by atoms with Crippen LogP contribution in [0.2, 0.25) is 0 Å². The number of hydrogen-bond acceptors (Lipinski definition) is 1. The lowest BCUT2D eigenvalue weighted by molar-refractivity contribution is 0.341. The fourth-order valence-electron chi connectivity index (χ4n) is 2.98. The molecule has 0 radical (unpaired) electrons. The molecule has 0 saturated carbocycles. The van der Waals surface area contributed by atoms with E-state index in [1.54, 1.807) is 0 Å². The molecule has 0 spiro atoms. The molecule has 0 aliphatic carbocycles. The number of alkyl halides is 1. The molecule has 132 valence electrons. The molecule has 1 nitrogen and oxygen atoms in total. The lowest BCUT2D eigenvalue weighted by atomic mass is 9.91. The number of hydrogen-bond donors (Lipinski definition) is 1. The van der Waals surface area contributed by atoms with Crippen LogP contribution < -0.4 is 0 Å². The third kappa shape index (κ3) is 13.6. The number of aliphatic hydroxyl groups is 1. The molecule has 1 N–H and O–H groups in total. The van der Waals surface area contributed by atoms with E-state index in [1.807, 2.05) is 6.08 Å². The largest absolute Gasteiger partial charge is 0.392 e. The Morgan fingerprint density at radius 2 is 1.32 bits per heavy atom. The summed E-state index contributed by atoms with van der Waals surface area (Å²) in [6.45, 7) is 9.34. The van der Waals surface area contributed by atoms with Crippen molar-refractivity contribution < 1.29 is 5.11 Å². The minimum atomic E-state index is 0.183. The zero-order valence-corrected chi connectivity index (χ0v) is 16.2. The zero-order valence-electron chi connectivity index (χ0n) is 15.4. The highest BCUT2D eigenvalue weighted by Gasteiger charge is 2.07. The predicted octanol–water partition coefficient (Wildman–Crippen LogP) is 6.58. The van der Waals surface area contributed by atoms with E-state index >= 15 is 0 Å². The van der Waals surface area contributed by atoms with Crippen molar-refractivity contribution in [1.82, 2.24) is 0 Å². The van der Waals surface area contributed by atoms with Gasteiger partial charge in [-0.25, -0.2) is 0 Å². The topological polar surface area (TPSA) is 20.2 Å². The first-order valence-electron chi connectivity index (χ1n) is 9.32. The molecule has 0 amide bonds. The van der Waals surface area contributed by atoms with Gasteiger partial charge in [0.05, 0.1) is 6.61 Å². The molecule has 1 unspecified atom stereocenters. The van der Waals surface area contributed by atoms with E-state index in [2.05, 4.69) is 27.7 Å². The van der Waals surface area contributed by atoms with Crippen LogP contribution in [-0.4, -0.2) is 17.6 Å². The van der Waals surface area contributed by atoms with Crippen LogP contribution in [-0.2, 0) is 0 Å². The number of halogens is 1. The predicted molar refractivity (Wildman–Crippen MR) is 101 cm³/mol. The summed E-state index contributed by atoms with van der Waals surface area (Å²) in [5, 5.41) is 8.84. The molecule has 0 aromatic carbocycles. The standard InChI is InChI=1S/C20H39ClO/c1-17(10-6-12-19(3)14-15-22)8-5-9-18(2)11-7-13-20(4)16-21/h14,17-18,20,22H,5-13,15-16H2,1-4H3/b19-14+/t17-,18+,20?/m1/s1. The molecule has 0 aromatic rings. The maximum atomic E-state index is 8.84. The summed E-state index contributed by atoms with van der Waals surface area (Å²) in [7, 11) is 0. The van der Waals surface area contributed by atoms with Gasteiger partial charge in [0.2, 0.25) is 0 Å². The van der Waals surface area contributed by atoms with Gasteiger partial charge in [-0.2, -0.15) is 0 Å². The fourth-order valence-corrected chi connectivity index (χ4v) is 3.14. The lowest BCUT2D eigenvalue weighted by Crippen LogP contribution is -2.01. The molecule has 0 saturated heterocycles. The van der Waals surface area contributed by atoms with E-state index in [0.717, 1.165) is 24.1 Å². The number of aliphatic hydroxyl groups excluding tert-OH is 1. The van der Waals surface area contributed by atoms with Crippen LogP contribution in [0, 0.1) is 17.8 Å². The van der Waals surface area contributed by atoms with Crippen molar-refractivity contribution in [2.24, 2.45) is 17.8 Å². The van der Waals surface area contributed by atoms with Gasteiger partial charge in [0.1, 0.15) is 0 Å². The minimum absolute atomic E-state index is 0.183. The van der Waals surface area contributed by atoms with Crippen molar-refractivity contribution >= 4 is 11.6 Å². The van der Waals surface area contributed by atoms with E-state index in [9.17, 15) is 0 Å². The highest BCUT2D eigenvalue weighted by atomic mass is 35.5. The smallest absolute Gasteiger partial charge is 0.0614 e. The Kier molecular flexibility index (Phi) is 14.6. The quantitative estimate of drug-likeness (QED) is 0.281. The molecule has 0 rings (SSSR count). The molecule has 0 bridgehead atoms. The van der Waals surface area contributed by atoms with Crippen LogP contribution >= 0.6 is 11.6 Å². The number of allylic oxidation sites excluding steroid dienone is 1. The van der Waals surface area contributed by atoms with Gasteiger partial charge in [-0.1, -0.05) is 70.9 Å². The van der Waals surface area contributed by atoms with Gasteiger partial charge in [-0.3, -0.25) is 0 Å². The zero-order chi connectivity index (χ0) is 16.8.